The van der Waals surface area contributed by atoms with Crippen LogP contribution in [0.5, 0.6) is 0 Å². The Hall–Kier alpha value is -1.72. The second-order valence-corrected chi connectivity index (χ2v) is 11.3. The minimum Gasteiger partial charge on any atom is -0.455 e. The number of ether oxygens (including phenoxy) is 1. The van der Waals surface area contributed by atoms with Gasteiger partial charge in [0, 0.05) is 25.2 Å². The molecule has 0 amide bonds. The summed E-state index contributed by atoms with van der Waals surface area (Å²) in [6, 6.07) is 17.3. The van der Waals surface area contributed by atoms with Crippen molar-refractivity contribution in [2.24, 2.45) is 11.8 Å². The Labute approximate surface area is 220 Å². The van der Waals surface area contributed by atoms with Gasteiger partial charge in [-0.2, -0.15) is 0 Å². The van der Waals surface area contributed by atoms with Crippen molar-refractivity contribution in [3.05, 3.63) is 71.5 Å². The molecule has 3 saturated heterocycles. The first kappa shape index (κ1) is 26.3. The van der Waals surface area contributed by atoms with Crippen molar-refractivity contribution < 1.29 is 18.4 Å². The largest absolute Gasteiger partial charge is 0.455 e. The fourth-order valence-electron chi connectivity index (χ4n) is 6.93. The zero-order valence-corrected chi connectivity index (χ0v) is 22.7. The monoisotopic (exact) mass is 544 g/mol. The van der Waals surface area contributed by atoms with Gasteiger partial charge in [-0.05, 0) is 48.9 Å². The summed E-state index contributed by atoms with van der Waals surface area (Å²) < 4.78 is 20.8. The van der Waals surface area contributed by atoms with Crippen LogP contribution in [0.3, 0.4) is 0 Å². The summed E-state index contributed by atoms with van der Waals surface area (Å²) in [5.41, 5.74) is 1.71. The molecule has 1 unspecified atom stereocenters. The molecule has 3 aliphatic heterocycles. The first-order chi connectivity index (χ1) is 16.5. The van der Waals surface area contributed by atoms with Gasteiger partial charge in [0.15, 0.2) is 6.10 Å². The summed E-state index contributed by atoms with van der Waals surface area (Å²) >= 11 is 0. The molecule has 2 bridgehead atoms. The van der Waals surface area contributed by atoms with Crippen LogP contribution in [0.2, 0.25) is 0 Å². The van der Waals surface area contributed by atoms with Crippen LogP contribution in [0, 0.1) is 17.7 Å². The molecule has 4 aliphatic rings. The first-order valence-electron chi connectivity index (χ1n) is 13.3. The number of rotatable bonds is 7. The van der Waals surface area contributed by atoms with Gasteiger partial charge in [-0.25, -0.2) is 4.39 Å². The highest BCUT2D eigenvalue weighted by atomic mass is 79.9. The molecule has 35 heavy (non-hydrogen) atoms. The Bertz CT molecular complexity index is 968. The van der Waals surface area contributed by atoms with Crippen LogP contribution in [0.4, 0.5) is 4.39 Å². The quantitative estimate of drug-likeness (QED) is 0.288. The van der Waals surface area contributed by atoms with Crippen molar-refractivity contribution in [2.75, 3.05) is 26.2 Å². The first-order valence-corrected chi connectivity index (χ1v) is 13.3. The highest BCUT2D eigenvalue weighted by Gasteiger charge is 2.50. The normalized spacial score (nSPS) is 28.1. The molecule has 0 N–H and O–H groups in total. The highest BCUT2D eigenvalue weighted by Crippen LogP contribution is 2.44. The molecule has 4 fully saturated rings. The molecule has 0 aromatic heterocycles. The maximum Gasteiger partial charge on any atom is 0.317 e. The molecule has 2 atom stereocenters. The number of piperidine rings is 3. The number of hydrogen-bond donors (Lipinski definition) is 0. The Morgan fingerprint density at radius 3 is 2.29 bits per heavy atom. The van der Waals surface area contributed by atoms with Crippen molar-refractivity contribution in [1.29, 1.82) is 0 Å². The lowest BCUT2D eigenvalue weighted by Gasteiger charge is -2.52. The predicted octanol–water partition coefficient (Wildman–Crippen LogP) is 6.64. The SMILES string of the molecule is Br.C[C@](C(=O)OC1C[N+]2(CCc3ccc(F)cc3)CCC1CC2)(c1ccccc1)C1CCCCC1. The molecule has 0 radical (unpaired) electrons. The maximum absolute atomic E-state index is 14.0. The summed E-state index contributed by atoms with van der Waals surface area (Å²) in [4.78, 5) is 14.0. The molecule has 5 heteroatoms. The fraction of sp³-hybridized carbons (Fsp3) is 0.567. The zero-order chi connectivity index (χ0) is 23.6. The topological polar surface area (TPSA) is 26.3 Å². The number of fused-ring (bicyclic) bond motifs is 3. The standard InChI is InChI=1S/C30H39FNO2.BrH/c1-30(25-8-4-2-5-9-25,26-10-6-3-7-11-26)29(33)34-28-22-32(20-17-24(28)18-21-32)19-16-23-12-14-27(31)15-13-23;/h2,4-5,8-9,12-15,24,26,28H,3,6-7,10-11,16-22H2,1H3;1H/q+1;/t24?,28?,30-,32?;/m0./s1. The maximum atomic E-state index is 14.0. The van der Waals surface area contributed by atoms with Crippen LogP contribution in [0.1, 0.15) is 63.0 Å². The summed E-state index contributed by atoms with van der Waals surface area (Å²) in [7, 11) is 0. The number of carbonyl (C=O) groups is 1. The van der Waals surface area contributed by atoms with Gasteiger partial charge in [0.05, 0.1) is 25.0 Å². The van der Waals surface area contributed by atoms with Crippen LogP contribution in [-0.4, -0.2) is 42.7 Å². The molecular formula is C30H40BrFNO2+. The predicted molar refractivity (Wildman–Crippen MR) is 143 cm³/mol. The number of nitrogens with zero attached hydrogens (tertiary/aromatic N) is 1. The van der Waals surface area contributed by atoms with Crippen molar-refractivity contribution in [3.8, 4) is 0 Å². The second kappa shape index (κ2) is 11.1. The van der Waals surface area contributed by atoms with Gasteiger partial charge < -0.3 is 9.22 Å². The highest BCUT2D eigenvalue weighted by molar-refractivity contribution is 8.93. The number of esters is 1. The summed E-state index contributed by atoms with van der Waals surface area (Å²) in [5, 5.41) is 0. The van der Waals surface area contributed by atoms with Crippen molar-refractivity contribution in [3.63, 3.8) is 0 Å². The van der Waals surface area contributed by atoms with E-state index in [9.17, 15) is 9.18 Å². The smallest absolute Gasteiger partial charge is 0.317 e. The number of carbonyl (C=O) groups excluding carboxylic acids is 1. The average Bonchev–Trinajstić information content (AvgIpc) is 2.89. The summed E-state index contributed by atoms with van der Waals surface area (Å²) in [6.45, 7) is 6.43. The van der Waals surface area contributed by atoms with E-state index < -0.39 is 5.41 Å². The van der Waals surface area contributed by atoms with E-state index in [1.807, 2.05) is 30.3 Å². The van der Waals surface area contributed by atoms with Crippen molar-refractivity contribution >= 4 is 23.0 Å². The third kappa shape index (κ3) is 5.51. The third-order valence-corrected chi connectivity index (χ3v) is 9.31. The van der Waals surface area contributed by atoms with Gasteiger partial charge in [0.25, 0.3) is 0 Å². The zero-order valence-electron chi connectivity index (χ0n) is 21.0. The van der Waals surface area contributed by atoms with E-state index in [0.717, 1.165) is 55.2 Å². The fourth-order valence-corrected chi connectivity index (χ4v) is 6.93. The van der Waals surface area contributed by atoms with Crippen LogP contribution in [0.25, 0.3) is 0 Å². The Balaban J connectivity index is 0.00000289. The minimum atomic E-state index is -0.577. The van der Waals surface area contributed by atoms with E-state index in [2.05, 4.69) is 19.1 Å². The molecule has 3 nitrogen and oxygen atoms in total. The Kier molecular flexibility index (Phi) is 8.38. The van der Waals surface area contributed by atoms with Crippen LogP contribution in [0.15, 0.2) is 54.6 Å². The molecule has 1 aliphatic carbocycles. The van der Waals surface area contributed by atoms with Gasteiger partial charge in [-0.1, -0.05) is 61.7 Å². The number of hydrogen-bond acceptors (Lipinski definition) is 2. The molecule has 190 valence electrons. The molecule has 0 spiro atoms. The minimum absolute atomic E-state index is 0. The number of benzene rings is 2. The lowest BCUT2D eigenvalue weighted by molar-refractivity contribution is -0.946. The van der Waals surface area contributed by atoms with Crippen molar-refractivity contribution in [2.45, 2.75) is 69.8 Å². The average molecular weight is 546 g/mol. The lowest BCUT2D eigenvalue weighted by atomic mass is 9.66. The van der Waals surface area contributed by atoms with Gasteiger partial charge in [0.1, 0.15) is 12.4 Å². The molecule has 3 heterocycles. The lowest BCUT2D eigenvalue weighted by Crippen LogP contribution is -2.65. The van der Waals surface area contributed by atoms with E-state index in [1.54, 1.807) is 12.1 Å². The van der Waals surface area contributed by atoms with Crippen LogP contribution in [-0.2, 0) is 21.4 Å². The van der Waals surface area contributed by atoms with Gasteiger partial charge >= 0.3 is 5.97 Å². The van der Waals surface area contributed by atoms with E-state index >= 15 is 0 Å². The van der Waals surface area contributed by atoms with E-state index in [-0.39, 0.29) is 34.9 Å². The Morgan fingerprint density at radius 1 is 0.971 bits per heavy atom. The van der Waals surface area contributed by atoms with Gasteiger partial charge in [0.2, 0.25) is 0 Å². The van der Waals surface area contributed by atoms with E-state index in [0.29, 0.717) is 11.8 Å². The molecular weight excluding hydrogens is 505 g/mol. The van der Waals surface area contributed by atoms with E-state index in [4.69, 9.17) is 4.74 Å². The molecule has 6 rings (SSSR count). The molecule has 1 saturated carbocycles. The summed E-state index contributed by atoms with van der Waals surface area (Å²) in [6.07, 6.45) is 9.10. The second-order valence-electron chi connectivity index (χ2n) is 11.3. The number of quaternary nitrogens is 1. The summed E-state index contributed by atoms with van der Waals surface area (Å²) in [5.74, 6) is 0.641. The van der Waals surface area contributed by atoms with E-state index in [1.165, 1.54) is 37.9 Å². The molecule has 2 aromatic carbocycles. The Morgan fingerprint density at radius 2 is 1.63 bits per heavy atom. The van der Waals surface area contributed by atoms with Gasteiger partial charge in [-0.3, -0.25) is 4.79 Å². The van der Waals surface area contributed by atoms with Crippen LogP contribution < -0.4 is 0 Å². The number of halogens is 2. The third-order valence-electron chi connectivity index (χ3n) is 9.31. The van der Waals surface area contributed by atoms with Gasteiger partial charge in [-0.15, -0.1) is 17.0 Å². The molecule has 2 aromatic rings. The van der Waals surface area contributed by atoms with Crippen LogP contribution >= 0.6 is 17.0 Å². The van der Waals surface area contributed by atoms with Crippen molar-refractivity contribution in [1.82, 2.24) is 0 Å².